The van der Waals surface area contributed by atoms with Crippen molar-refractivity contribution in [3.05, 3.63) is 71.4 Å². The summed E-state index contributed by atoms with van der Waals surface area (Å²) in [6.07, 6.45) is 1.55. The third kappa shape index (κ3) is 6.27. The summed E-state index contributed by atoms with van der Waals surface area (Å²) in [7, 11) is -2.24. The van der Waals surface area contributed by atoms with Crippen LogP contribution in [0.3, 0.4) is 0 Å². The topological polar surface area (TPSA) is 98.8 Å². The van der Waals surface area contributed by atoms with Gasteiger partial charge in [0.05, 0.1) is 12.0 Å². The van der Waals surface area contributed by atoms with Crippen molar-refractivity contribution in [2.24, 2.45) is 0 Å². The van der Waals surface area contributed by atoms with E-state index >= 15 is 0 Å². The van der Waals surface area contributed by atoms with Gasteiger partial charge in [-0.3, -0.25) is 5.32 Å². The Morgan fingerprint density at radius 3 is 2.41 bits per heavy atom. The lowest BCUT2D eigenvalue weighted by atomic mass is 10.2. The predicted octanol–water partition coefficient (Wildman–Crippen LogP) is 2.53. The number of methoxy groups -OCH3 is 1. The smallest absolute Gasteiger partial charge is 0.412 e. The molecule has 1 N–H and O–H groups in total. The molecule has 27 heavy (non-hydrogen) atoms. The molecular formula is C19H19NO6S. The normalized spacial score (nSPS) is 11.6. The van der Waals surface area contributed by atoms with Gasteiger partial charge in [-0.25, -0.2) is 18.0 Å². The Morgan fingerprint density at radius 1 is 1.07 bits per heavy atom. The van der Waals surface area contributed by atoms with Crippen molar-refractivity contribution < 1.29 is 27.5 Å². The van der Waals surface area contributed by atoms with Gasteiger partial charge >= 0.3 is 12.1 Å². The highest BCUT2D eigenvalue weighted by atomic mass is 32.2. The fourth-order valence-electron chi connectivity index (χ4n) is 2.13. The van der Waals surface area contributed by atoms with Crippen LogP contribution in [0.15, 0.2) is 65.2 Å². The van der Waals surface area contributed by atoms with Crippen molar-refractivity contribution in [3.8, 4) is 0 Å². The molecule has 2 aromatic carbocycles. The number of amides is 1. The van der Waals surface area contributed by atoms with Crippen LogP contribution in [0.5, 0.6) is 0 Å². The molecule has 0 aliphatic carbocycles. The highest BCUT2D eigenvalue weighted by molar-refractivity contribution is 7.90. The number of hydrogen-bond donors (Lipinski definition) is 1. The van der Waals surface area contributed by atoms with E-state index in [-0.39, 0.29) is 17.2 Å². The number of rotatable bonds is 6. The van der Waals surface area contributed by atoms with Crippen LogP contribution in [0, 0.1) is 0 Å². The molecule has 0 aromatic heterocycles. The molecule has 2 rings (SSSR count). The fraction of sp³-hybridized carbons (Fsp3) is 0.158. The molecule has 8 heteroatoms. The monoisotopic (exact) mass is 389 g/mol. The Morgan fingerprint density at radius 2 is 1.78 bits per heavy atom. The highest BCUT2D eigenvalue weighted by Gasteiger charge is 2.15. The summed E-state index contributed by atoms with van der Waals surface area (Å²) in [5.74, 6) is -0.795. The fourth-order valence-corrected chi connectivity index (χ4v) is 2.80. The van der Waals surface area contributed by atoms with Crippen molar-refractivity contribution in [1.82, 2.24) is 5.32 Å². The Hall–Kier alpha value is -3.13. The first-order valence-corrected chi connectivity index (χ1v) is 9.76. The Bertz CT molecular complexity index is 951. The van der Waals surface area contributed by atoms with Gasteiger partial charge in [-0.05, 0) is 29.3 Å². The number of benzene rings is 2. The number of ether oxygens (including phenoxy) is 2. The molecule has 1 amide bonds. The maximum Gasteiger partial charge on any atom is 0.412 e. The average Bonchev–Trinajstić information content (AvgIpc) is 2.65. The third-order valence-electron chi connectivity index (χ3n) is 3.45. The minimum absolute atomic E-state index is 0.0324. The van der Waals surface area contributed by atoms with Crippen LogP contribution in [-0.4, -0.2) is 33.8 Å². The van der Waals surface area contributed by atoms with E-state index in [0.717, 1.165) is 11.8 Å². The van der Waals surface area contributed by atoms with E-state index in [0.29, 0.717) is 5.56 Å². The van der Waals surface area contributed by atoms with Gasteiger partial charge in [-0.2, -0.15) is 0 Å². The van der Waals surface area contributed by atoms with E-state index in [1.165, 1.54) is 31.4 Å². The maximum absolute atomic E-state index is 12.0. The highest BCUT2D eigenvalue weighted by Crippen LogP contribution is 2.14. The van der Waals surface area contributed by atoms with Gasteiger partial charge < -0.3 is 9.47 Å². The molecule has 0 saturated carbocycles. The minimum Gasteiger partial charge on any atom is -0.464 e. The van der Waals surface area contributed by atoms with Gasteiger partial charge in [0.25, 0.3) is 0 Å². The molecule has 0 unspecified atom stereocenters. The van der Waals surface area contributed by atoms with Crippen molar-refractivity contribution >= 4 is 28.0 Å². The summed E-state index contributed by atoms with van der Waals surface area (Å²) in [6, 6.07) is 15.0. The molecule has 0 bridgehead atoms. The predicted molar refractivity (Wildman–Crippen MR) is 99.3 cm³/mol. The van der Waals surface area contributed by atoms with Gasteiger partial charge in [-0.15, -0.1) is 0 Å². The molecule has 0 atom stereocenters. The van der Waals surface area contributed by atoms with Gasteiger partial charge in [0.15, 0.2) is 9.84 Å². The van der Waals surface area contributed by atoms with Crippen molar-refractivity contribution in [2.45, 2.75) is 11.5 Å². The third-order valence-corrected chi connectivity index (χ3v) is 4.56. The number of hydrogen-bond acceptors (Lipinski definition) is 6. The maximum atomic E-state index is 12.0. The van der Waals surface area contributed by atoms with Gasteiger partial charge in [0.2, 0.25) is 0 Å². The van der Waals surface area contributed by atoms with Gasteiger partial charge in [0.1, 0.15) is 12.3 Å². The summed E-state index contributed by atoms with van der Waals surface area (Å²) in [4.78, 5) is 24.0. The van der Waals surface area contributed by atoms with Crippen LogP contribution in [0.25, 0.3) is 6.08 Å². The Labute approximate surface area is 157 Å². The van der Waals surface area contributed by atoms with Crippen LogP contribution in [0.2, 0.25) is 0 Å². The number of carbonyl (C=O) groups is 2. The van der Waals surface area contributed by atoms with E-state index in [2.05, 4.69) is 10.1 Å². The summed E-state index contributed by atoms with van der Waals surface area (Å²) in [6.45, 7) is 0.0324. The average molecular weight is 389 g/mol. The summed E-state index contributed by atoms with van der Waals surface area (Å²) < 4.78 is 33.0. The quantitative estimate of drug-likeness (QED) is 0.602. The molecule has 0 saturated heterocycles. The van der Waals surface area contributed by atoms with Crippen molar-refractivity contribution in [1.29, 1.82) is 0 Å². The van der Waals surface area contributed by atoms with Crippen LogP contribution >= 0.6 is 0 Å². The van der Waals surface area contributed by atoms with Crippen LogP contribution in [-0.2, 0) is 30.7 Å². The lowest BCUT2D eigenvalue weighted by molar-refractivity contribution is -0.136. The first kappa shape index (κ1) is 20.2. The van der Waals surface area contributed by atoms with Crippen molar-refractivity contribution in [2.75, 3.05) is 13.4 Å². The molecule has 0 aliphatic rings. The molecule has 7 nitrogen and oxygen atoms in total. The van der Waals surface area contributed by atoms with Gasteiger partial charge in [-0.1, -0.05) is 42.5 Å². The first-order valence-electron chi connectivity index (χ1n) is 7.87. The Kier molecular flexibility index (Phi) is 6.73. The number of alkyl carbamates (subject to hydrolysis) is 1. The zero-order valence-corrected chi connectivity index (χ0v) is 15.7. The summed E-state index contributed by atoms with van der Waals surface area (Å²) in [5.41, 5.74) is 1.01. The SMILES string of the molecule is COC(=O)/C(=C\c1cccc(S(C)(=O)=O)c1)NC(=O)OCc1ccccc1. The van der Waals surface area contributed by atoms with Crippen LogP contribution in [0.1, 0.15) is 11.1 Å². The van der Waals surface area contributed by atoms with E-state index in [4.69, 9.17) is 4.74 Å². The molecule has 0 radical (unpaired) electrons. The van der Waals surface area contributed by atoms with E-state index in [9.17, 15) is 18.0 Å². The summed E-state index contributed by atoms with van der Waals surface area (Å²) in [5, 5.41) is 2.32. The molecule has 0 spiro atoms. The zero-order chi connectivity index (χ0) is 19.9. The Balaban J connectivity index is 2.16. The van der Waals surface area contributed by atoms with E-state index in [1.54, 1.807) is 18.2 Å². The minimum atomic E-state index is -3.41. The molecule has 0 fully saturated rings. The summed E-state index contributed by atoms with van der Waals surface area (Å²) >= 11 is 0. The number of nitrogens with one attached hydrogen (secondary N) is 1. The first-order chi connectivity index (χ1) is 12.8. The van der Waals surface area contributed by atoms with E-state index < -0.39 is 21.9 Å². The molecule has 142 valence electrons. The molecule has 0 heterocycles. The standard InChI is InChI=1S/C19H19NO6S/c1-25-18(21)17(12-15-9-6-10-16(11-15)27(2,23)24)20-19(22)26-13-14-7-4-3-5-8-14/h3-12H,13H2,1-2H3,(H,20,22)/b17-12+. The zero-order valence-electron chi connectivity index (χ0n) is 14.8. The molecular weight excluding hydrogens is 370 g/mol. The largest absolute Gasteiger partial charge is 0.464 e. The number of sulfone groups is 1. The van der Waals surface area contributed by atoms with Crippen LogP contribution < -0.4 is 5.32 Å². The lowest BCUT2D eigenvalue weighted by Crippen LogP contribution is -2.28. The molecule has 0 aliphatic heterocycles. The number of esters is 1. The second-order valence-electron chi connectivity index (χ2n) is 5.58. The second kappa shape index (κ2) is 9.00. The van der Waals surface area contributed by atoms with E-state index in [1.807, 2.05) is 18.2 Å². The molecule has 2 aromatic rings. The lowest BCUT2D eigenvalue weighted by Gasteiger charge is -2.09. The number of carbonyl (C=O) groups excluding carboxylic acids is 2. The van der Waals surface area contributed by atoms with Crippen LogP contribution in [0.4, 0.5) is 4.79 Å². The second-order valence-corrected chi connectivity index (χ2v) is 7.60. The van der Waals surface area contributed by atoms with Gasteiger partial charge in [0, 0.05) is 6.26 Å². The van der Waals surface area contributed by atoms with Crippen molar-refractivity contribution in [3.63, 3.8) is 0 Å².